The van der Waals surface area contributed by atoms with Gasteiger partial charge in [0.25, 0.3) is 0 Å². The fourth-order valence-corrected chi connectivity index (χ4v) is 1.11. The first kappa shape index (κ1) is 7.21. The molecule has 0 radical (unpaired) electrons. The molecule has 0 fully saturated rings. The fourth-order valence-electron chi connectivity index (χ4n) is 0.537. The average molecular weight is 251 g/mol. The first-order valence-corrected chi connectivity index (χ1v) is 3.97. The minimum absolute atomic E-state index is 0.795. The third-order valence-corrected chi connectivity index (χ3v) is 3.01. The third-order valence-electron chi connectivity index (χ3n) is 1.01. The Hall–Kier alpha value is 0.1000. The van der Waals surface area contributed by atoms with Crippen LogP contribution in [-0.4, -0.2) is 0 Å². The van der Waals surface area contributed by atoms with E-state index in [0.29, 0.717) is 0 Å². The second-order valence-electron chi connectivity index (χ2n) is 1.68. The Labute approximate surface area is 73.2 Å². The number of benzene rings is 1. The van der Waals surface area contributed by atoms with E-state index < -0.39 is 0 Å². The van der Waals surface area contributed by atoms with E-state index in [-0.39, 0.29) is 0 Å². The number of thiol groups is 1. The molecule has 1 aromatic carbocycles. The highest BCUT2D eigenvalue weighted by Crippen LogP contribution is 2.21. The molecule has 0 aliphatic rings. The van der Waals surface area contributed by atoms with Crippen molar-refractivity contribution < 1.29 is 0 Å². The SMILES string of the molecule is Nc1cccc(S)c1I. The summed E-state index contributed by atoms with van der Waals surface area (Å²) in [5.41, 5.74) is 6.36. The molecule has 0 heterocycles. The molecule has 48 valence electrons. The number of halogens is 1. The number of anilines is 1. The molecule has 0 amide bonds. The molecule has 0 saturated heterocycles. The predicted octanol–water partition coefficient (Wildman–Crippen LogP) is 2.16. The van der Waals surface area contributed by atoms with Crippen molar-refractivity contribution in [2.45, 2.75) is 4.90 Å². The molecule has 0 spiro atoms. The Morgan fingerprint density at radius 2 is 2.11 bits per heavy atom. The predicted molar refractivity (Wildman–Crippen MR) is 50.8 cm³/mol. The summed E-state index contributed by atoms with van der Waals surface area (Å²) < 4.78 is 1.03. The molecule has 0 aliphatic heterocycles. The molecule has 0 aliphatic carbocycles. The largest absolute Gasteiger partial charge is 0.398 e. The lowest BCUT2D eigenvalue weighted by Crippen LogP contribution is -1.88. The lowest BCUT2D eigenvalue weighted by molar-refractivity contribution is 1.42. The van der Waals surface area contributed by atoms with E-state index in [0.717, 1.165) is 14.2 Å². The van der Waals surface area contributed by atoms with Gasteiger partial charge in [-0.15, -0.1) is 12.6 Å². The maximum absolute atomic E-state index is 5.56. The molecule has 2 N–H and O–H groups in total. The fraction of sp³-hybridized carbons (Fsp3) is 0. The van der Waals surface area contributed by atoms with Gasteiger partial charge in [0.1, 0.15) is 0 Å². The highest BCUT2D eigenvalue weighted by atomic mass is 127. The van der Waals surface area contributed by atoms with E-state index in [1.165, 1.54) is 0 Å². The van der Waals surface area contributed by atoms with Crippen molar-refractivity contribution in [3.05, 3.63) is 21.8 Å². The second-order valence-corrected chi connectivity index (χ2v) is 3.24. The highest BCUT2D eigenvalue weighted by molar-refractivity contribution is 14.1. The van der Waals surface area contributed by atoms with Crippen molar-refractivity contribution in [2.24, 2.45) is 0 Å². The summed E-state index contributed by atoms with van der Waals surface area (Å²) in [6.45, 7) is 0. The van der Waals surface area contributed by atoms with Gasteiger partial charge in [-0.2, -0.15) is 0 Å². The summed E-state index contributed by atoms with van der Waals surface area (Å²) >= 11 is 6.35. The van der Waals surface area contributed by atoms with E-state index in [9.17, 15) is 0 Å². The first-order valence-electron chi connectivity index (χ1n) is 2.45. The van der Waals surface area contributed by atoms with Crippen molar-refractivity contribution in [2.75, 3.05) is 5.73 Å². The number of hydrogen-bond acceptors (Lipinski definition) is 2. The molecule has 0 bridgehead atoms. The summed E-state index contributed by atoms with van der Waals surface area (Å²) in [5.74, 6) is 0. The molecular weight excluding hydrogens is 245 g/mol. The Morgan fingerprint density at radius 1 is 1.44 bits per heavy atom. The van der Waals surface area contributed by atoms with Gasteiger partial charge in [0.15, 0.2) is 0 Å². The van der Waals surface area contributed by atoms with Crippen LogP contribution in [0.1, 0.15) is 0 Å². The molecular formula is C6H6INS. The van der Waals surface area contributed by atoms with Crippen LogP contribution in [-0.2, 0) is 0 Å². The van der Waals surface area contributed by atoms with Gasteiger partial charge in [-0.3, -0.25) is 0 Å². The number of nitrogen functional groups attached to an aromatic ring is 1. The van der Waals surface area contributed by atoms with Gasteiger partial charge < -0.3 is 5.73 Å². The summed E-state index contributed by atoms with van der Waals surface area (Å²) in [4.78, 5) is 0.940. The molecule has 1 rings (SSSR count). The standard InChI is InChI=1S/C6H6INS/c7-6-4(8)2-1-3-5(6)9/h1-3,9H,8H2. The van der Waals surface area contributed by atoms with E-state index in [1.807, 2.05) is 18.2 Å². The number of rotatable bonds is 0. The molecule has 0 saturated carbocycles. The second kappa shape index (κ2) is 2.79. The van der Waals surface area contributed by atoms with Gasteiger partial charge in [0, 0.05) is 14.2 Å². The Kier molecular flexibility index (Phi) is 2.23. The topological polar surface area (TPSA) is 26.0 Å². The van der Waals surface area contributed by atoms with E-state index in [2.05, 4.69) is 35.2 Å². The molecule has 0 atom stereocenters. The van der Waals surface area contributed by atoms with Crippen LogP contribution in [0.2, 0.25) is 0 Å². The summed E-state index contributed by atoms with van der Waals surface area (Å²) in [7, 11) is 0. The molecule has 1 nitrogen and oxygen atoms in total. The van der Waals surface area contributed by atoms with Crippen molar-refractivity contribution in [3.8, 4) is 0 Å². The zero-order valence-electron chi connectivity index (χ0n) is 4.63. The van der Waals surface area contributed by atoms with E-state index in [1.54, 1.807) is 0 Å². The van der Waals surface area contributed by atoms with Crippen molar-refractivity contribution >= 4 is 40.9 Å². The van der Waals surface area contributed by atoms with Crippen LogP contribution in [0.3, 0.4) is 0 Å². The van der Waals surface area contributed by atoms with Crippen LogP contribution >= 0.6 is 35.2 Å². The lowest BCUT2D eigenvalue weighted by Gasteiger charge is -1.98. The molecule has 0 aromatic heterocycles. The summed E-state index contributed by atoms with van der Waals surface area (Å²) in [6, 6.07) is 5.67. The van der Waals surface area contributed by atoms with Crippen LogP contribution in [0.25, 0.3) is 0 Å². The lowest BCUT2D eigenvalue weighted by atomic mass is 10.3. The average Bonchev–Trinajstić information content (AvgIpc) is 1.83. The smallest absolute Gasteiger partial charge is 0.0493 e. The summed E-state index contributed by atoms with van der Waals surface area (Å²) in [6.07, 6.45) is 0. The maximum Gasteiger partial charge on any atom is 0.0493 e. The van der Waals surface area contributed by atoms with Gasteiger partial charge in [-0.25, -0.2) is 0 Å². The Balaban J connectivity index is 3.25. The van der Waals surface area contributed by atoms with Gasteiger partial charge in [0.05, 0.1) is 0 Å². The Bertz CT molecular complexity index is 204. The van der Waals surface area contributed by atoms with Gasteiger partial charge in [0.2, 0.25) is 0 Å². The van der Waals surface area contributed by atoms with Crippen LogP contribution in [0.15, 0.2) is 23.1 Å². The van der Waals surface area contributed by atoms with Gasteiger partial charge in [-0.05, 0) is 34.7 Å². The van der Waals surface area contributed by atoms with Crippen molar-refractivity contribution in [1.29, 1.82) is 0 Å². The van der Waals surface area contributed by atoms with Crippen LogP contribution in [0.5, 0.6) is 0 Å². The van der Waals surface area contributed by atoms with Crippen LogP contribution < -0.4 is 5.73 Å². The number of hydrogen-bond donors (Lipinski definition) is 2. The van der Waals surface area contributed by atoms with Crippen molar-refractivity contribution in [3.63, 3.8) is 0 Å². The number of nitrogens with two attached hydrogens (primary N) is 1. The monoisotopic (exact) mass is 251 g/mol. The van der Waals surface area contributed by atoms with E-state index in [4.69, 9.17) is 5.73 Å². The summed E-state index contributed by atoms with van der Waals surface area (Å²) in [5, 5.41) is 0. The first-order chi connectivity index (χ1) is 4.22. The zero-order valence-corrected chi connectivity index (χ0v) is 7.69. The van der Waals surface area contributed by atoms with E-state index >= 15 is 0 Å². The maximum atomic E-state index is 5.56. The third kappa shape index (κ3) is 1.52. The van der Waals surface area contributed by atoms with Crippen molar-refractivity contribution in [1.82, 2.24) is 0 Å². The van der Waals surface area contributed by atoms with Gasteiger partial charge in [-0.1, -0.05) is 6.07 Å². The minimum atomic E-state index is 0.795. The molecule has 9 heavy (non-hydrogen) atoms. The quantitative estimate of drug-likeness (QED) is 0.412. The van der Waals surface area contributed by atoms with Gasteiger partial charge >= 0.3 is 0 Å². The zero-order chi connectivity index (χ0) is 6.85. The van der Waals surface area contributed by atoms with Crippen LogP contribution in [0, 0.1) is 3.57 Å². The van der Waals surface area contributed by atoms with Crippen LogP contribution in [0.4, 0.5) is 5.69 Å². The highest BCUT2D eigenvalue weighted by Gasteiger charge is 1.95. The molecule has 1 aromatic rings. The Morgan fingerprint density at radius 3 is 2.56 bits per heavy atom. The molecule has 0 unspecified atom stereocenters. The molecule has 3 heteroatoms. The minimum Gasteiger partial charge on any atom is -0.398 e. The normalized spacial score (nSPS) is 9.56.